The van der Waals surface area contributed by atoms with Crippen LogP contribution in [-0.4, -0.2) is 24.4 Å². The normalized spacial score (nSPS) is 11.9. The lowest BCUT2D eigenvalue weighted by molar-refractivity contribution is -0.132. The molecular weight excluding hydrogens is 236 g/mol. The Morgan fingerprint density at radius 2 is 1.95 bits per heavy atom. The van der Waals surface area contributed by atoms with E-state index in [1.807, 2.05) is 30.3 Å². The summed E-state index contributed by atoms with van der Waals surface area (Å²) >= 11 is 0. The molecule has 0 fully saturated rings. The summed E-state index contributed by atoms with van der Waals surface area (Å²) in [5.74, 6) is -0.100. The molecule has 1 aromatic rings. The number of carbonyl (C=O) groups is 1. The predicted molar refractivity (Wildman–Crippen MR) is 76.3 cm³/mol. The molecule has 0 heterocycles. The van der Waals surface area contributed by atoms with Gasteiger partial charge in [-0.05, 0) is 24.3 Å². The van der Waals surface area contributed by atoms with E-state index >= 15 is 0 Å². The first-order chi connectivity index (χ1) is 9.04. The highest BCUT2D eigenvalue weighted by Crippen LogP contribution is 2.11. The Morgan fingerprint density at radius 3 is 2.47 bits per heavy atom. The first-order valence-electron chi connectivity index (χ1n) is 6.73. The summed E-state index contributed by atoms with van der Waals surface area (Å²) in [5.41, 5.74) is 1.03. The van der Waals surface area contributed by atoms with Crippen molar-refractivity contribution in [2.24, 2.45) is 11.8 Å². The zero-order chi connectivity index (χ0) is 14.3. The predicted octanol–water partition coefficient (Wildman–Crippen LogP) is 2.87. The smallest absolute Gasteiger partial charge is 0.240 e. The Balaban J connectivity index is 2.60. The van der Waals surface area contributed by atoms with Crippen molar-refractivity contribution in [3.63, 3.8) is 0 Å². The Labute approximate surface area is 115 Å². The molecule has 0 saturated carbocycles. The second-order valence-corrected chi connectivity index (χ2v) is 5.31. The molecule has 0 bridgehead atoms. The van der Waals surface area contributed by atoms with Gasteiger partial charge in [0, 0.05) is 13.6 Å². The van der Waals surface area contributed by atoms with Crippen molar-refractivity contribution in [2.45, 2.75) is 26.7 Å². The maximum absolute atomic E-state index is 12.2. The maximum Gasteiger partial charge on any atom is 0.240 e. The third kappa shape index (κ3) is 5.13. The summed E-state index contributed by atoms with van der Waals surface area (Å²) in [7, 11) is 1.78. The van der Waals surface area contributed by atoms with Crippen molar-refractivity contribution in [3.05, 3.63) is 35.9 Å². The molecule has 0 saturated heterocycles. The van der Waals surface area contributed by atoms with Crippen LogP contribution in [-0.2, 0) is 11.2 Å². The van der Waals surface area contributed by atoms with Gasteiger partial charge in [-0.1, -0.05) is 44.2 Å². The fourth-order valence-electron chi connectivity index (χ4n) is 1.87. The Morgan fingerprint density at radius 1 is 1.32 bits per heavy atom. The third-order valence-corrected chi connectivity index (χ3v) is 3.15. The molecular formula is C16H22N2O. The van der Waals surface area contributed by atoms with Gasteiger partial charge in [0.1, 0.15) is 5.92 Å². The van der Waals surface area contributed by atoms with Crippen LogP contribution in [0.2, 0.25) is 0 Å². The molecule has 1 aromatic carbocycles. The van der Waals surface area contributed by atoms with Crippen molar-refractivity contribution in [1.29, 1.82) is 5.26 Å². The van der Waals surface area contributed by atoms with E-state index < -0.39 is 5.92 Å². The first-order valence-corrected chi connectivity index (χ1v) is 6.73. The molecule has 0 aromatic heterocycles. The largest absolute Gasteiger partial charge is 0.345 e. The van der Waals surface area contributed by atoms with Crippen LogP contribution >= 0.6 is 0 Å². The van der Waals surface area contributed by atoms with Crippen molar-refractivity contribution >= 4 is 5.91 Å². The van der Waals surface area contributed by atoms with Gasteiger partial charge in [-0.25, -0.2) is 0 Å². The lowest BCUT2D eigenvalue weighted by atomic mass is 9.99. The van der Waals surface area contributed by atoms with E-state index in [0.29, 0.717) is 18.9 Å². The standard InChI is InChI=1S/C16H22N2O/c1-13(2)9-10-18(3)16(19)15(12-17)11-14-7-5-4-6-8-14/h4-8,13,15H,9-11H2,1-3H3. The van der Waals surface area contributed by atoms with Crippen LogP contribution in [0.15, 0.2) is 30.3 Å². The fraction of sp³-hybridized carbons (Fsp3) is 0.500. The molecule has 3 nitrogen and oxygen atoms in total. The quantitative estimate of drug-likeness (QED) is 0.787. The number of amides is 1. The number of benzene rings is 1. The number of hydrogen-bond acceptors (Lipinski definition) is 2. The Kier molecular flexibility index (Phi) is 6.08. The van der Waals surface area contributed by atoms with Crippen LogP contribution in [0, 0.1) is 23.2 Å². The zero-order valence-electron chi connectivity index (χ0n) is 12.0. The van der Waals surface area contributed by atoms with E-state index in [4.69, 9.17) is 0 Å². The molecule has 19 heavy (non-hydrogen) atoms. The minimum Gasteiger partial charge on any atom is -0.345 e. The topological polar surface area (TPSA) is 44.1 Å². The molecule has 1 rings (SSSR count). The van der Waals surface area contributed by atoms with Gasteiger partial charge in [-0.2, -0.15) is 5.26 Å². The summed E-state index contributed by atoms with van der Waals surface area (Å²) in [5, 5.41) is 9.19. The molecule has 0 N–H and O–H groups in total. The van der Waals surface area contributed by atoms with Gasteiger partial charge in [0.2, 0.25) is 5.91 Å². The Hall–Kier alpha value is -1.82. The van der Waals surface area contributed by atoms with Gasteiger partial charge in [0.25, 0.3) is 0 Å². The molecule has 0 radical (unpaired) electrons. The average Bonchev–Trinajstić information content (AvgIpc) is 2.42. The van der Waals surface area contributed by atoms with Gasteiger partial charge < -0.3 is 4.90 Å². The van der Waals surface area contributed by atoms with Crippen LogP contribution < -0.4 is 0 Å². The van der Waals surface area contributed by atoms with Crippen molar-refractivity contribution < 1.29 is 4.79 Å². The molecule has 0 aliphatic carbocycles. The number of nitrogens with zero attached hydrogens (tertiary/aromatic N) is 2. The van der Waals surface area contributed by atoms with Gasteiger partial charge in [0.05, 0.1) is 6.07 Å². The van der Waals surface area contributed by atoms with Crippen molar-refractivity contribution in [1.82, 2.24) is 4.90 Å². The van der Waals surface area contributed by atoms with Crippen molar-refractivity contribution in [3.8, 4) is 6.07 Å². The summed E-state index contributed by atoms with van der Waals surface area (Å²) in [6.45, 7) is 4.97. The first kappa shape index (κ1) is 15.2. The molecule has 1 amide bonds. The summed E-state index contributed by atoms with van der Waals surface area (Å²) in [6, 6.07) is 11.8. The molecule has 0 aliphatic heterocycles. The number of nitriles is 1. The summed E-state index contributed by atoms with van der Waals surface area (Å²) < 4.78 is 0. The molecule has 0 spiro atoms. The van der Waals surface area contributed by atoms with E-state index in [1.54, 1.807) is 11.9 Å². The minimum atomic E-state index is -0.584. The lowest BCUT2D eigenvalue weighted by Gasteiger charge is -2.21. The van der Waals surface area contributed by atoms with Crippen LogP contribution in [0.4, 0.5) is 0 Å². The van der Waals surface area contributed by atoms with E-state index in [0.717, 1.165) is 12.0 Å². The molecule has 0 aliphatic rings. The van der Waals surface area contributed by atoms with Crippen LogP contribution in [0.5, 0.6) is 0 Å². The summed E-state index contributed by atoms with van der Waals surface area (Å²) in [4.78, 5) is 13.9. The lowest BCUT2D eigenvalue weighted by Crippen LogP contribution is -2.34. The van der Waals surface area contributed by atoms with Gasteiger partial charge in [-0.15, -0.1) is 0 Å². The molecule has 1 unspecified atom stereocenters. The second kappa shape index (κ2) is 7.58. The SMILES string of the molecule is CC(C)CCN(C)C(=O)C(C#N)Cc1ccccc1. The van der Waals surface area contributed by atoms with E-state index in [-0.39, 0.29) is 5.91 Å². The van der Waals surface area contributed by atoms with Crippen molar-refractivity contribution in [2.75, 3.05) is 13.6 Å². The van der Waals surface area contributed by atoms with E-state index in [2.05, 4.69) is 19.9 Å². The van der Waals surface area contributed by atoms with Crippen LogP contribution in [0.3, 0.4) is 0 Å². The van der Waals surface area contributed by atoms with E-state index in [1.165, 1.54) is 0 Å². The van der Waals surface area contributed by atoms with Gasteiger partial charge in [-0.3, -0.25) is 4.79 Å². The van der Waals surface area contributed by atoms with Crippen LogP contribution in [0.25, 0.3) is 0 Å². The highest BCUT2D eigenvalue weighted by Gasteiger charge is 2.21. The molecule has 3 heteroatoms. The number of hydrogen-bond donors (Lipinski definition) is 0. The summed E-state index contributed by atoms with van der Waals surface area (Å²) in [6.07, 6.45) is 1.45. The van der Waals surface area contributed by atoms with Gasteiger partial charge in [0.15, 0.2) is 0 Å². The monoisotopic (exact) mass is 258 g/mol. The maximum atomic E-state index is 12.2. The third-order valence-electron chi connectivity index (χ3n) is 3.15. The number of rotatable bonds is 6. The Bertz CT molecular complexity index is 434. The zero-order valence-corrected chi connectivity index (χ0v) is 12.0. The van der Waals surface area contributed by atoms with E-state index in [9.17, 15) is 10.1 Å². The second-order valence-electron chi connectivity index (χ2n) is 5.31. The molecule has 1 atom stereocenters. The highest BCUT2D eigenvalue weighted by molar-refractivity contribution is 5.81. The fourth-order valence-corrected chi connectivity index (χ4v) is 1.87. The average molecular weight is 258 g/mol. The number of carbonyl (C=O) groups excluding carboxylic acids is 1. The van der Waals surface area contributed by atoms with Gasteiger partial charge >= 0.3 is 0 Å². The highest BCUT2D eigenvalue weighted by atomic mass is 16.2. The minimum absolute atomic E-state index is 0.0768. The molecule has 102 valence electrons. The van der Waals surface area contributed by atoms with Crippen LogP contribution in [0.1, 0.15) is 25.8 Å².